The summed E-state index contributed by atoms with van der Waals surface area (Å²) < 4.78 is 26.1. The van der Waals surface area contributed by atoms with Crippen molar-refractivity contribution in [2.24, 2.45) is 0 Å². The van der Waals surface area contributed by atoms with Crippen LogP contribution in [0.15, 0.2) is 48.5 Å². The first-order valence-electron chi connectivity index (χ1n) is 7.84. The van der Waals surface area contributed by atoms with E-state index in [1.54, 1.807) is 25.1 Å². The van der Waals surface area contributed by atoms with Crippen molar-refractivity contribution in [1.82, 2.24) is 5.32 Å². The Morgan fingerprint density at radius 2 is 1.79 bits per heavy atom. The lowest BCUT2D eigenvalue weighted by Gasteiger charge is -2.09. The summed E-state index contributed by atoms with van der Waals surface area (Å²) >= 11 is 0. The van der Waals surface area contributed by atoms with Crippen molar-refractivity contribution in [2.75, 3.05) is 10.5 Å². The number of rotatable bonds is 7. The number of amides is 1. The zero-order valence-electron chi connectivity index (χ0n) is 13.9. The number of hydrogen-bond donors (Lipinski definition) is 2. The molecule has 2 aromatic rings. The van der Waals surface area contributed by atoms with Crippen LogP contribution in [-0.2, 0) is 16.6 Å². The van der Waals surface area contributed by atoms with E-state index < -0.39 is 10.0 Å². The fourth-order valence-electron chi connectivity index (χ4n) is 2.21. The number of aryl methyl sites for hydroxylation is 1. The molecular formula is C18H22N2O3S. The maximum atomic E-state index is 12.2. The van der Waals surface area contributed by atoms with Gasteiger partial charge in [-0.25, -0.2) is 8.42 Å². The minimum Gasteiger partial charge on any atom is -0.348 e. The topological polar surface area (TPSA) is 75.3 Å². The molecule has 0 fully saturated rings. The standard InChI is InChI=1S/C18H22N2O3S/c1-3-11-24(22,23)20-17-6-4-5-16(12-17)18(21)19-13-15-9-7-14(2)8-10-15/h4-10,12,20H,3,11,13H2,1-2H3,(H,19,21). The van der Waals surface area contributed by atoms with E-state index in [1.807, 2.05) is 31.2 Å². The fourth-order valence-corrected chi connectivity index (χ4v) is 3.34. The second kappa shape index (κ2) is 7.97. The van der Waals surface area contributed by atoms with Crippen LogP contribution in [0.4, 0.5) is 5.69 Å². The molecule has 0 spiro atoms. The van der Waals surface area contributed by atoms with Gasteiger partial charge >= 0.3 is 0 Å². The minimum atomic E-state index is -3.37. The van der Waals surface area contributed by atoms with Crippen LogP contribution in [0.1, 0.15) is 34.8 Å². The molecule has 0 saturated carbocycles. The molecule has 6 heteroatoms. The summed E-state index contributed by atoms with van der Waals surface area (Å²) in [7, 11) is -3.37. The Kier molecular flexibility index (Phi) is 5.98. The first kappa shape index (κ1) is 18.0. The normalized spacial score (nSPS) is 11.1. The van der Waals surface area contributed by atoms with E-state index in [0.717, 1.165) is 11.1 Å². The monoisotopic (exact) mass is 346 g/mol. The van der Waals surface area contributed by atoms with Crippen molar-refractivity contribution in [3.05, 3.63) is 65.2 Å². The lowest BCUT2D eigenvalue weighted by Crippen LogP contribution is -2.23. The average molecular weight is 346 g/mol. The smallest absolute Gasteiger partial charge is 0.251 e. The molecule has 0 aromatic heterocycles. The van der Waals surface area contributed by atoms with E-state index >= 15 is 0 Å². The quantitative estimate of drug-likeness (QED) is 0.809. The molecule has 0 saturated heterocycles. The van der Waals surface area contributed by atoms with Gasteiger partial charge in [0.05, 0.1) is 5.75 Å². The molecular weight excluding hydrogens is 324 g/mol. The molecule has 0 unspecified atom stereocenters. The maximum absolute atomic E-state index is 12.2. The third kappa shape index (κ3) is 5.38. The number of carbonyl (C=O) groups excluding carboxylic acids is 1. The first-order valence-corrected chi connectivity index (χ1v) is 9.49. The van der Waals surface area contributed by atoms with E-state index in [2.05, 4.69) is 10.0 Å². The van der Waals surface area contributed by atoms with Crippen molar-refractivity contribution in [3.63, 3.8) is 0 Å². The Bertz CT molecular complexity index is 799. The highest BCUT2D eigenvalue weighted by Crippen LogP contribution is 2.13. The Hall–Kier alpha value is -2.34. The molecule has 24 heavy (non-hydrogen) atoms. The van der Waals surface area contributed by atoms with Gasteiger partial charge in [0, 0.05) is 17.8 Å². The second-order valence-electron chi connectivity index (χ2n) is 5.67. The van der Waals surface area contributed by atoms with Crippen LogP contribution < -0.4 is 10.0 Å². The van der Waals surface area contributed by atoms with Crippen molar-refractivity contribution < 1.29 is 13.2 Å². The maximum Gasteiger partial charge on any atom is 0.251 e. The lowest BCUT2D eigenvalue weighted by molar-refractivity contribution is 0.0951. The predicted octanol–water partition coefficient (Wildman–Crippen LogP) is 3.08. The van der Waals surface area contributed by atoms with Gasteiger partial charge in [0.25, 0.3) is 5.91 Å². The largest absolute Gasteiger partial charge is 0.348 e. The number of nitrogens with one attached hydrogen (secondary N) is 2. The van der Waals surface area contributed by atoms with E-state index in [9.17, 15) is 13.2 Å². The van der Waals surface area contributed by atoms with Gasteiger partial charge in [-0.2, -0.15) is 0 Å². The molecule has 2 aromatic carbocycles. The van der Waals surface area contributed by atoms with E-state index in [0.29, 0.717) is 24.2 Å². The molecule has 0 aliphatic heterocycles. The van der Waals surface area contributed by atoms with Crippen LogP contribution >= 0.6 is 0 Å². The summed E-state index contributed by atoms with van der Waals surface area (Å²) in [5, 5.41) is 2.83. The summed E-state index contributed by atoms with van der Waals surface area (Å²) in [4.78, 5) is 12.2. The van der Waals surface area contributed by atoms with Crippen LogP contribution in [-0.4, -0.2) is 20.1 Å². The van der Waals surface area contributed by atoms with Gasteiger partial charge < -0.3 is 5.32 Å². The first-order chi connectivity index (χ1) is 11.4. The molecule has 128 valence electrons. The molecule has 1 amide bonds. The molecule has 0 heterocycles. The minimum absolute atomic E-state index is 0.0524. The van der Waals surface area contributed by atoms with Crippen LogP contribution in [0.2, 0.25) is 0 Å². The van der Waals surface area contributed by atoms with E-state index in [1.165, 1.54) is 6.07 Å². The summed E-state index contributed by atoms with van der Waals surface area (Å²) in [6.45, 7) is 4.23. The number of anilines is 1. The van der Waals surface area contributed by atoms with Gasteiger partial charge in [0.2, 0.25) is 10.0 Å². The number of sulfonamides is 1. The summed E-state index contributed by atoms with van der Waals surface area (Å²) in [5.41, 5.74) is 2.98. The van der Waals surface area contributed by atoms with Gasteiger partial charge in [-0.1, -0.05) is 42.8 Å². The predicted molar refractivity (Wildman–Crippen MR) is 96.5 cm³/mol. The molecule has 5 nitrogen and oxygen atoms in total. The summed E-state index contributed by atoms with van der Waals surface area (Å²) in [6.07, 6.45) is 0.534. The van der Waals surface area contributed by atoms with E-state index in [4.69, 9.17) is 0 Å². The molecule has 2 N–H and O–H groups in total. The lowest BCUT2D eigenvalue weighted by atomic mass is 10.1. The van der Waals surface area contributed by atoms with Gasteiger partial charge in [-0.15, -0.1) is 0 Å². The summed E-state index contributed by atoms with van der Waals surface area (Å²) in [5.74, 6) is -0.191. The Balaban J connectivity index is 2.02. The second-order valence-corrected chi connectivity index (χ2v) is 7.51. The Labute approximate surface area is 143 Å². The van der Waals surface area contributed by atoms with Gasteiger partial charge in [0.1, 0.15) is 0 Å². The van der Waals surface area contributed by atoms with Crippen LogP contribution in [0.3, 0.4) is 0 Å². The van der Waals surface area contributed by atoms with Gasteiger partial charge in [-0.05, 0) is 37.1 Å². The average Bonchev–Trinajstić information content (AvgIpc) is 2.53. The molecule has 0 atom stereocenters. The SMILES string of the molecule is CCCS(=O)(=O)Nc1cccc(C(=O)NCc2ccc(C)cc2)c1. The third-order valence-corrected chi connectivity index (χ3v) is 4.94. The number of hydrogen-bond acceptors (Lipinski definition) is 3. The van der Waals surface area contributed by atoms with Gasteiger partial charge in [0.15, 0.2) is 0 Å². The van der Waals surface area contributed by atoms with E-state index in [-0.39, 0.29) is 11.7 Å². The zero-order valence-corrected chi connectivity index (χ0v) is 14.7. The van der Waals surface area contributed by atoms with Crippen LogP contribution in [0, 0.1) is 6.92 Å². The number of carbonyl (C=O) groups is 1. The van der Waals surface area contributed by atoms with Crippen molar-refractivity contribution in [2.45, 2.75) is 26.8 Å². The Morgan fingerprint density at radius 3 is 2.46 bits per heavy atom. The van der Waals surface area contributed by atoms with Crippen LogP contribution in [0.25, 0.3) is 0 Å². The molecule has 2 rings (SSSR count). The van der Waals surface area contributed by atoms with Crippen LogP contribution in [0.5, 0.6) is 0 Å². The van der Waals surface area contributed by atoms with Gasteiger partial charge in [-0.3, -0.25) is 9.52 Å². The third-order valence-electron chi connectivity index (χ3n) is 3.44. The highest BCUT2D eigenvalue weighted by molar-refractivity contribution is 7.92. The summed E-state index contributed by atoms with van der Waals surface area (Å²) in [6, 6.07) is 14.4. The molecule has 0 bridgehead atoms. The number of benzene rings is 2. The zero-order chi connectivity index (χ0) is 17.6. The van der Waals surface area contributed by atoms with Crippen molar-refractivity contribution in [1.29, 1.82) is 0 Å². The van der Waals surface area contributed by atoms with Crippen molar-refractivity contribution >= 4 is 21.6 Å². The Morgan fingerprint density at radius 1 is 1.08 bits per heavy atom. The highest BCUT2D eigenvalue weighted by Gasteiger charge is 2.11. The molecule has 0 aliphatic rings. The fraction of sp³-hybridized carbons (Fsp3) is 0.278. The van der Waals surface area contributed by atoms with Crippen molar-refractivity contribution in [3.8, 4) is 0 Å². The molecule has 0 aliphatic carbocycles. The highest BCUT2D eigenvalue weighted by atomic mass is 32.2. The molecule has 0 radical (unpaired) electrons.